The first-order valence-corrected chi connectivity index (χ1v) is 8.78. The van der Waals surface area contributed by atoms with Gasteiger partial charge in [0.1, 0.15) is 11.5 Å². The summed E-state index contributed by atoms with van der Waals surface area (Å²) in [4.78, 5) is 23.4. The third kappa shape index (κ3) is 3.03. The Balaban J connectivity index is 1.51. The standard InChI is InChI=1S/C20H22N4O2/c1-20(2,3)19-22-16-12-23(10-8-17(16)26-19)18(25)14-4-6-15(7-5-14)24-11-9-21-13-24/h4-7,9,11,13H,8,10,12H2,1-3H3. The van der Waals surface area contributed by atoms with Crippen LogP contribution >= 0.6 is 0 Å². The van der Waals surface area contributed by atoms with Gasteiger partial charge < -0.3 is 13.9 Å². The summed E-state index contributed by atoms with van der Waals surface area (Å²) >= 11 is 0. The molecule has 0 radical (unpaired) electrons. The molecule has 0 aliphatic carbocycles. The van der Waals surface area contributed by atoms with Crippen LogP contribution in [0.1, 0.15) is 48.5 Å². The molecule has 0 N–H and O–H groups in total. The molecule has 1 aromatic carbocycles. The number of amides is 1. The van der Waals surface area contributed by atoms with Gasteiger partial charge in [0.05, 0.1) is 12.9 Å². The fourth-order valence-corrected chi connectivity index (χ4v) is 3.06. The summed E-state index contributed by atoms with van der Waals surface area (Å²) in [7, 11) is 0. The summed E-state index contributed by atoms with van der Waals surface area (Å²) in [5, 5.41) is 0. The SMILES string of the molecule is CC(C)(C)c1nc2c(o1)CCN(C(=O)c1ccc(-n3ccnc3)cc1)C2. The predicted molar refractivity (Wildman–Crippen MR) is 97.2 cm³/mol. The zero-order valence-electron chi connectivity index (χ0n) is 15.3. The number of benzene rings is 1. The summed E-state index contributed by atoms with van der Waals surface area (Å²) in [6.07, 6.45) is 6.05. The number of oxazole rings is 1. The van der Waals surface area contributed by atoms with Gasteiger partial charge in [0.15, 0.2) is 5.89 Å². The van der Waals surface area contributed by atoms with Crippen molar-refractivity contribution in [2.24, 2.45) is 0 Å². The van der Waals surface area contributed by atoms with Crippen molar-refractivity contribution in [3.63, 3.8) is 0 Å². The highest BCUT2D eigenvalue weighted by atomic mass is 16.4. The van der Waals surface area contributed by atoms with E-state index in [-0.39, 0.29) is 11.3 Å². The molecule has 2 aromatic heterocycles. The van der Waals surface area contributed by atoms with E-state index < -0.39 is 0 Å². The highest BCUT2D eigenvalue weighted by Crippen LogP contribution is 2.28. The number of aromatic nitrogens is 3. The number of rotatable bonds is 2. The zero-order chi connectivity index (χ0) is 18.3. The molecule has 6 heteroatoms. The van der Waals surface area contributed by atoms with Crippen molar-refractivity contribution < 1.29 is 9.21 Å². The van der Waals surface area contributed by atoms with Crippen molar-refractivity contribution in [1.29, 1.82) is 0 Å². The van der Waals surface area contributed by atoms with E-state index in [1.165, 1.54) is 0 Å². The van der Waals surface area contributed by atoms with Crippen LogP contribution in [0.4, 0.5) is 0 Å². The molecule has 3 heterocycles. The quantitative estimate of drug-likeness (QED) is 0.711. The molecule has 1 aliphatic rings. The molecule has 0 spiro atoms. The molecule has 1 aliphatic heterocycles. The van der Waals surface area contributed by atoms with Crippen molar-refractivity contribution in [2.45, 2.75) is 39.2 Å². The normalized spacial score (nSPS) is 14.3. The van der Waals surface area contributed by atoms with Crippen LogP contribution < -0.4 is 0 Å². The van der Waals surface area contributed by atoms with Crippen LogP contribution in [-0.4, -0.2) is 31.9 Å². The van der Waals surface area contributed by atoms with Crippen LogP contribution in [-0.2, 0) is 18.4 Å². The Kier molecular flexibility index (Phi) is 3.90. The van der Waals surface area contributed by atoms with Crippen molar-refractivity contribution in [1.82, 2.24) is 19.4 Å². The lowest BCUT2D eigenvalue weighted by atomic mass is 9.97. The van der Waals surface area contributed by atoms with Gasteiger partial charge in [0.25, 0.3) is 5.91 Å². The number of fused-ring (bicyclic) bond motifs is 1. The number of hydrogen-bond donors (Lipinski definition) is 0. The molecule has 26 heavy (non-hydrogen) atoms. The first-order chi connectivity index (χ1) is 12.4. The van der Waals surface area contributed by atoms with E-state index in [1.807, 2.05) is 39.9 Å². The minimum absolute atomic E-state index is 0.0214. The fraction of sp³-hybridized carbons (Fsp3) is 0.350. The summed E-state index contributed by atoms with van der Waals surface area (Å²) in [6.45, 7) is 7.38. The highest BCUT2D eigenvalue weighted by molar-refractivity contribution is 5.94. The minimum atomic E-state index is -0.130. The van der Waals surface area contributed by atoms with Crippen LogP contribution in [0.15, 0.2) is 47.4 Å². The third-order valence-corrected chi connectivity index (χ3v) is 4.57. The Hall–Kier alpha value is -2.89. The van der Waals surface area contributed by atoms with Gasteiger partial charge in [-0.15, -0.1) is 0 Å². The molecule has 0 fully saturated rings. The lowest BCUT2D eigenvalue weighted by molar-refractivity contribution is 0.0728. The number of imidazole rings is 1. The Morgan fingerprint density at radius 2 is 1.96 bits per heavy atom. The van der Waals surface area contributed by atoms with Gasteiger partial charge in [-0.25, -0.2) is 9.97 Å². The van der Waals surface area contributed by atoms with E-state index >= 15 is 0 Å². The van der Waals surface area contributed by atoms with Gasteiger partial charge in [-0.05, 0) is 24.3 Å². The van der Waals surface area contributed by atoms with Crippen LogP contribution in [0.25, 0.3) is 5.69 Å². The van der Waals surface area contributed by atoms with Crippen molar-refractivity contribution in [3.05, 3.63) is 65.9 Å². The summed E-state index contributed by atoms with van der Waals surface area (Å²) < 4.78 is 7.81. The molecule has 4 rings (SSSR count). The smallest absolute Gasteiger partial charge is 0.254 e. The third-order valence-electron chi connectivity index (χ3n) is 4.57. The Labute approximate surface area is 152 Å². The fourth-order valence-electron chi connectivity index (χ4n) is 3.06. The Morgan fingerprint density at radius 3 is 2.62 bits per heavy atom. The Bertz CT molecular complexity index is 918. The molecule has 134 valence electrons. The second kappa shape index (κ2) is 6.12. The predicted octanol–water partition coefficient (Wildman–Crippen LogP) is 3.36. The number of nitrogens with zero attached hydrogens (tertiary/aromatic N) is 4. The van der Waals surface area contributed by atoms with E-state index in [2.05, 4.69) is 30.7 Å². The molecule has 3 aromatic rings. The Morgan fingerprint density at radius 1 is 1.19 bits per heavy atom. The second-order valence-corrected chi connectivity index (χ2v) is 7.63. The van der Waals surface area contributed by atoms with Crippen molar-refractivity contribution in [3.8, 4) is 5.69 Å². The van der Waals surface area contributed by atoms with Crippen LogP contribution in [0.5, 0.6) is 0 Å². The molecular formula is C20H22N4O2. The van der Waals surface area contributed by atoms with Gasteiger partial charge in [0, 0.05) is 42.0 Å². The molecule has 6 nitrogen and oxygen atoms in total. The highest BCUT2D eigenvalue weighted by Gasteiger charge is 2.29. The molecule has 0 saturated carbocycles. The molecule has 0 saturated heterocycles. The maximum Gasteiger partial charge on any atom is 0.254 e. The van der Waals surface area contributed by atoms with Crippen molar-refractivity contribution in [2.75, 3.05) is 6.54 Å². The monoisotopic (exact) mass is 350 g/mol. The van der Waals surface area contributed by atoms with Crippen molar-refractivity contribution >= 4 is 5.91 Å². The van der Waals surface area contributed by atoms with Crippen LogP contribution in [0.2, 0.25) is 0 Å². The number of carbonyl (C=O) groups excluding carboxylic acids is 1. The number of carbonyl (C=O) groups is 1. The van der Waals surface area contributed by atoms with Gasteiger partial charge in [-0.1, -0.05) is 20.8 Å². The van der Waals surface area contributed by atoms with E-state index in [9.17, 15) is 4.79 Å². The average Bonchev–Trinajstić information content (AvgIpc) is 3.29. The maximum absolute atomic E-state index is 12.9. The maximum atomic E-state index is 12.9. The molecule has 1 amide bonds. The first-order valence-electron chi connectivity index (χ1n) is 8.78. The summed E-state index contributed by atoms with van der Waals surface area (Å²) in [5.74, 6) is 1.67. The molecular weight excluding hydrogens is 328 g/mol. The van der Waals surface area contributed by atoms with Gasteiger partial charge in [-0.2, -0.15) is 0 Å². The first kappa shape index (κ1) is 16.6. The lowest BCUT2D eigenvalue weighted by Crippen LogP contribution is -2.35. The van der Waals surface area contributed by atoms with Gasteiger partial charge in [0.2, 0.25) is 0 Å². The molecule has 0 unspecified atom stereocenters. The summed E-state index contributed by atoms with van der Waals surface area (Å²) in [6, 6.07) is 7.57. The van der Waals surface area contributed by atoms with E-state index in [1.54, 1.807) is 12.5 Å². The van der Waals surface area contributed by atoms with E-state index in [4.69, 9.17) is 4.42 Å². The largest absolute Gasteiger partial charge is 0.445 e. The topological polar surface area (TPSA) is 64.2 Å². The summed E-state index contributed by atoms with van der Waals surface area (Å²) in [5.41, 5.74) is 2.41. The van der Waals surface area contributed by atoms with Gasteiger partial charge in [-0.3, -0.25) is 4.79 Å². The number of hydrogen-bond acceptors (Lipinski definition) is 4. The van der Waals surface area contributed by atoms with Crippen LogP contribution in [0.3, 0.4) is 0 Å². The minimum Gasteiger partial charge on any atom is -0.445 e. The molecule has 0 bridgehead atoms. The van der Waals surface area contributed by atoms with Gasteiger partial charge >= 0.3 is 0 Å². The van der Waals surface area contributed by atoms with Crippen LogP contribution in [0, 0.1) is 0 Å². The lowest BCUT2D eigenvalue weighted by Gasteiger charge is -2.25. The molecule has 0 atom stereocenters. The zero-order valence-corrected chi connectivity index (χ0v) is 15.3. The van der Waals surface area contributed by atoms with E-state index in [0.29, 0.717) is 25.1 Å². The average molecular weight is 350 g/mol. The van der Waals surface area contributed by atoms with E-state index in [0.717, 1.165) is 23.0 Å². The second-order valence-electron chi connectivity index (χ2n) is 7.63.